The lowest BCUT2D eigenvalue weighted by atomic mass is 10.1. The van der Waals surface area contributed by atoms with Crippen LogP contribution in [0.3, 0.4) is 0 Å². The highest BCUT2D eigenvalue weighted by Crippen LogP contribution is 2.22. The van der Waals surface area contributed by atoms with Crippen LogP contribution in [-0.2, 0) is 0 Å². The molecule has 0 fully saturated rings. The zero-order valence-electron chi connectivity index (χ0n) is 10.1. The third-order valence-electron chi connectivity index (χ3n) is 2.92. The van der Waals surface area contributed by atoms with Crippen molar-refractivity contribution >= 4 is 10.9 Å². The van der Waals surface area contributed by atoms with E-state index < -0.39 is 0 Å². The normalized spacial score (nSPS) is 10.8. The molecule has 1 aromatic carbocycles. The highest BCUT2D eigenvalue weighted by Gasteiger charge is 2.08. The molecular weight excluding hydrogens is 245 g/mol. The minimum atomic E-state index is -0.353. The fourth-order valence-electron chi connectivity index (χ4n) is 1.98. The van der Waals surface area contributed by atoms with Gasteiger partial charge in [-0.25, -0.2) is 9.49 Å². The second-order valence-electron chi connectivity index (χ2n) is 4.28. The number of H-pyrrole nitrogens is 1. The van der Waals surface area contributed by atoms with Crippen molar-refractivity contribution in [1.82, 2.24) is 15.2 Å². The molecule has 3 aromatic rings. The van der Waals surface area contributed by atoms with Gasteiger partial charge in [0.05, 0.1) is 16.8 Å². The minimum Gasteiger partial charge on any atom is -0.267 e. The topological polar surface area (TPSA) is 58.6 Å². The van der Waals surface area contributed by atoms with Gasteiger partial charge < -0.3 is 0 Å². The molecule has 0 unspecified atom stereocenters. The van der Waals surface area contributed by atoms with Crippen molar-refractivity contribution < 1.29 is 4.39 Å². The van der Waals surface area contributed by atoms with Crippen LogP contribution in [0.1, 0.15) is 5.69 Å². The number of hydrogen-bond acceptors (Lipinski definition) is 3. The Kier molecular flexibility index (Phi) is 2.59. The third kappa shape index (κ3) is 1.99. The van der Waals surface area contributed by atoms with Crippen LogP contribution in [0.25, 0.3) is 22.0 Å². The van der Waals surface area contributed by atoms with Gasteiger partial charge in [-0.1, -0.05) is 6.07 Å². The molecule has 0 spiro atoms. The fraction of sp³-hybridized carbons (Fsp3) is 0.0714. The summed E-state index contributed by atoms with van der Waals surface area (Å²) in [6.07, 6.45) is 1.56. The molecule has 0 aliphatic heterocycles. The van der Waals surface area contributed by atoms with E-state index in [9.17, 15) is 9.18 Å². The Balaban J connectivity index is 2.29. The van der Waals surface area contributed by atoms with E-state index in [-0.39, 0.29) is 11.4 Å². The Morgan fingerprint density at radius 3 is 2.95 bits per heavy atom. The van der Waals surface area contributed by atoms with E-state index in [1.165, 1.54) is 6.07 Å². The molecule has 0 aliphatic rings. The molecule has 19 heavy (non-hydrogen) atoms. The van der Waals surface area contributed by atoms with Gasteiger partial charge >= 0.3 is 0 Å². The molecule has 4 nitrogen and oxygen atoms in total. The summed E-state index contributed by atoms with van der Waals surface area (Å²) in [7, 11) is 0. The molecule has 0 bridgehead atoms. The zero-order chi connectivity index (χ0) is 13.4. The van der Waals surface area contributed by atoms with Gasteiger partial charge in [0.15, 0.2) is 0 Å². The Morgan fingerprint density at radius 1 is 1.26 bits per heavy atom. The van der Waals surface area contributed by atoms with E-state index in [4.69, 9.17) is 0 Å². The number of nitrogens with one attached hydrogen (secondary N) is 1. The average molecular weight is 255 g/mol. The lowest BCUT2D eigenvalue weighted by Crippen LogP contribution is -2.11. The lowest BCUT2D eigenvalue weighted by molar-refractivity contribution is 0.639. The maximum absolute atomic E-state index is 13.7. The van der Waals surface area contributed by atoms with Crippen LogP contribution in [0.15, 0.2) is 41.3 Å². The van der Waals surface area contributed by atoms with E-state index >= 15 is 0 Å². The predicted molar refractivity (Wildman–Crippen MR) is 70.3 cm³/mol. The van der Waals surface area contributed by atoms with Crippen molar-refractivity contribution in [2.24, 2.45) is 0 Å². The maximum atomic E-state index is 13.7. The number of halogens is 1. The predicted octanol–water partition coefficient (Wildman–Crippen LogP) is 2.43. The molecule has 5 heteroatoms. The molecule has 3 rings (SSSR count). The first-order valence-corrected chi connectivity index (χ1v) is 5.76. The summed E-state index contributed by atoms with van der Waals surface area (Å²) in [5, 5.41) is 6.61. The van der Waals surface area contributed by atoms with Crippen molar-refractivity contribution in [3.8, 4) is 11.1 Å². The highest BCUT2D eigenvalue weighted by molar-refractivity contribution is 5.83. The minimum absolute atomic E-state index is 0.317. The average Bonchev–Trinajstić information content (AvgIpc) is 2.42. The van der Waals surface area contributed by atoms with Gasteiger partial charge in [-0.3, -0.25) is 9.78 Å². The van der Waals surface area contributed by atoms with Gasteiger partial charge in [-0.15, -0.1) is 0 Å². The number of aromatic amines is 1. The summed E-state index contributed by atoms with van der Waals surface area (Å²) in [4.78, 5) is 15.9. The lowest BCUT2D eigenvalue weighted by Gasteiger charge is -2.04. The van der Waals surface area contributed by atoms with Gasteiger partial charge in [-0.05, 0) is 31.2 Å². The molecule has 94 valence electrons. The van der Waals surface area contributed by atoms with E-state index in [1.54, 1.807) is 37.4 Å². The van der Waals surface area contributed by atoms with Crippen LogP contribution in [-0.4, -0.2) is 15.2 Å². The molecule has 2 aromatic heterocycles. The molecule has 0 aliphatic carbocycles. The number of pyridine rings is 1. The Hall–Kier alpha value is -2.56. The van der Waals surface area contributed by atoms with Gasteiger partial charge in [0.1, 0.15) is 5.82 Å². The second kappa shape index (κ2) is 4.28. The highest BCUT2D eigenvalue weighted by atomic mass is 19.1. The van der Waals surface area contributed by atoms with Gasteiger partial charge in [0.2, 0.25) is 0 Å². The fourth-order valence-corrected chi connectivity index (χ4v) is 1.98. The van der Waals surface area contributed by atoms with Gasteiger partial charge in [0, 0.05) is 17.1 Å². The molecular formula is C14H10FN3O. The number of aryl methyl sites for hydroxylation is 1. The van der Waals surface area contributed by atoms with Crippen molar-refractivity contribution in [3.63, 3.8) is 0 Å². The molecule has 0 saturated heterocycles. The Morgan fingerprint density at radius 2 is 2.11 bits per heavy atom. The first-order chi connectivity index (χ1) is 9.15. The van der Waals surface area contributed by atoms with Crippen LogP contribution in [0.5, 0.6) is 0 Å². The molecule has 0 amide bonds. The number of aromatic nitrogens is 3. The number of benzene rings is 1. The van der Waals surface area contributed by atoms with E-state index in [1.807, 2.05) is 0 Å². The monoisotopic (exact) mass is 255 g/mol. The van der Waals surface area contributed by atoms with Crippen molar-refractivity contribution in [2.45, 2.75) is 6.92 Å². The van der Waals surface area contributed by atoms with Crippen molar-refractivity contribution in [2.75, 3.05) is 0 Å². The number of hydrogen-bond donors (Lipinski definition) is 1. The summed E-state index contributed by atoms with van der Waals surface area (Å²) >= 11 is 0. The van der Waals surface area contributed by atoms with Crippen LogP contribution in [0.2, 0.25) is 0 Å². The first-order valence-electron chi connectivity index (χ1n) is 5.76. The Labute approximate surface area is 107 Å². The number of rotatable bonds is 1. The largest absolute Gasteiger partial charge is 0.272 e. The van der Waals surface area contributed by atoms with Crippen LogP contribution in [0, 0.1) is 12.7 Å². The van der Waals surface area contributed by atoms with Crippen LogP contribution < -0.4 is 5.56 Å². The maximum Gasteiger partial charge on any atom is 0.272 e. The zero-order valence-corrected chi connectivity index (χ0v) is 10.1. The molecule has 1 N–H and O–H groups in total. The summed E-state index contributed by atoms with van der Waals surface area (Å²) in [6.45, 7) is 1.77. The third-order valence-corrected chi connectivity index (χ3v) is 2.92. The van der Waals surface area contributed by atoms with E-state index in [0.717, 1.165) is 0 Å². The summed E-state index contributed by atoms with van der Waals surface area (Å²) in [5.41, 5.74) is 1.94. The molecule has 0 atom stereocenters. The van der Waals surface area contributed by atoms with Gasteiger partial charge in [-0.2, -0.15) is 5.10 Å². The second-order valence-corrected chi connectivity index (χ2v) is 4.28. The van der Waals surface area contributed by atoms with Crippen molar-refractivity contribution in [1.29, 1.82) is 0 Å². The van der Waals surface area contributed by atoms with E-state index in [0.29, 0.717) is 27.7 Å². The molecule has 0 saturated carbocycles. The van der Waals surface area contributed by atoms with Crippen molar-refractivity contribution in [3.05, 3.63) is 58.4 Å². The van der Waals surface area contributed by atoms with Crippen LogP contribution in [0.4, 0.5) is 4.39 Å². The Bertz CT molecular complexity index is 826. The summed E-state index contributed by atoms with van der Waals surface area (Å²) in [6, 6.07) is 7.98. The number of fused-ring (bicyclic) bond motifs is 1. The first kappa shape index (κ1) is 11.5. The smallest absolute Gasteiger partial charge is 0.267 e. The van der Waals surface area contributed by atoms with Crippen LogP contribution >= 0.6 is 0 Å². The van der Waals surface area contributed by atoms with Gasteiger partial charge in [0.25, 0.3) is 5.56 Å². The number of nitrogens with zero attached hydrogens (tertiary/aromatic N) is 2. The molecule has 2 heterocycles. The summed E-state index contributed by atoms with van der Waals surface area (Å²) in [5.74, 6) is -0.353. The summed E-state index contributed by atoms with van der Waals surface area (Å²) < 4.78 is 13.7. The molecule has 0 radical (unpaired) electrons. The van der Waals surface area contributed by atoms with E-state index in [2.05, 4.69) is 15.2 Å². The SMILES string of the molecule is Cc1cc(-c2cnc3cccc(F)c3c2)c(=O)[nH]n1. The standard InChI is InChI=1S/C14H10FN3O/c1-8-5-10(14(19)18-17-8)9-6-11-12(15)3-2-4-13(11)16-7-9/h2-7H,1H3,(H,18,19). The quantitative estimate of drug-likeness (QED) is 0.726.